The molecule has 3 aromatic carbocycles. The van der Waals surface area contributed by atoms with Crippen LogP contribution in [0.25, 0.3) is 21.8 Å². The van der Waals surface area contributed by atoms with E-state index in [0.717, 1.165) is 23.3 Å². The van der Waals surface area contributed by atoms with Crippen molar-refractivity contribution in [3.63, 3.8) is 0 Å². The standard InChI is InChI=1S/C21H19N3O/c25-21(22-14-20-23-18-7-3-4-8-19(18)24-20)12-10-15-9-11-16-5-1-2-6-17(16)13-15/h1-9,11,13H,10,12,14H2,(H,22,25)(H,23,24). The van der Waals surface area contributed by atoms with Gasteiger partial charge in [0.05, 0.1) is 17.6 Å². The zero-order chi connectivity index (χ0) is 17.1. The molecule has 0 saturated carbocycles. The van der Waals surface area contributed by atoms with Crippen LogP contribution in [0.3, 0.4) is 0 Å². The molecule has 0 fully saturated rings. The van der Waals surface area contributed by atoms with Crippen molar-refractivity contribution in [2.24, 2.45) is 0 Å². The number of aryl methyl sites for hydroxylation is 1. The Morgan fingerprint density at radius 2 is 1.76 bits per heavy atom. The first kappa shape index (κ1) is 15.4. The fourth-order valence-electron chi connectivity index (χ4n) is 3.01. The molecule has 0 bridgehead atoms. The number of aromatic nitrogens is 2. The number of nitrogens with one attached hydrogen (secondary N) is 2. The number of rotatable bonds is 5. The predicted molar refractivity (Wildman–Crippen MR) is 100 cm³/mol. The van der Waals surface area contributed by atoms with Gasteiger partial charge in [-0.25, -0.2) is 4.98 Å². The number of benzene rings is 3. The summed E-state index contributed by atoms with van der Waals surface area (Å²) in [5.74, 6) is 0.814. The van der Waals surface area contributed by atoms with E-state index in [9.17, 15) is 4.79 Å². The molecule has 1 heterocycles. The molecule has 2 N–H and O–H groups in total. The van der Waals surface area contributed by atoms with Gasteiger partial charge in [-0.3, -0.25) is 4.79 Å². The second kappa shape index (κ2) is 6.77. The molecule has 1 amide bonds. The maximum Gasteiger partial charge on any atom is 0.220 e. The Bertz CT molecular complexity index is 1000. The molecule has 0 atom stereocenters. The minimum atomic E-state index is 0.0358. The topological polar surface area (TPSA) is 57.8 Å². The van der Waals surface area contributed by atoms with Crippen molar-refractivity contribution in [2.75, 3.05) is 0 Å². The summed E-state index contributed by atoms with van der Waals surface area (Å²) < 4.78 is 0. The van der Waals surface area contributed by atoms with Crippen LogP contribution in [0.15, 0.2) is 66.7 Å². The highest BCUT2D eigenvalue weighted by atomic mass is 16.1. The van der Waals surface area contributed by atoms with Crippen molar-refractivity contribution in [3.8, 4) is 0 Å². The largest absolute Gasteiger partial charge is 0.349 e. The monoisotopic (exact) mass is 329 g/mol. The highest BCUT2D eigenvalue weighted by Gasteiger charge is 2.06. The Labute approximate surface area is 145 Å². The molecule has 4 heteroatoms. The lowest BCUT2D eigenvalue weighted by atomic mass is 10.0. The van der Waals surface area contributed by atoms with Gasteiger partial charge in [0.15, 0.2) is 0 Å². The van der Waals surface area contributed by atoms with Gasteiger partial charge in [0, 0.05) is 6.42 Å². The van der Waals surface area contributed by atoms with Crippen molar-refractivity contribution < 1.29 is 4.79 Å². The zero-order valence-corrected chi connectivity index (χ0v) is 13.8. The Hall–Kier alpha value is -3.14. The number of imidazole rings is 1. The zero-order valence-electron chi connectivity index (χ0n) is 13.8. The third-order valence-corrected chi connectivity index (χ3v) is 4.35. The summed E-state index contributed by atoms with van der Waals surface area (Å²) in [5.41, 5.74) is 3.09. The number of nitrogens with zero attached hydrogens (tertiary/aromatic N) is 1. The second-order valence-electron chi connectivity index (χ2n) is 6.16. The summed E-state index contributed by atoms with van der Waals surface area (Å²) in [6.07, 6.45) is 1.20. The summed E-state index contributed by atoms with van der Waals surface area (Å²) in [6.45, 7) is 0.422. The Balaban J connectivity index is 1.33. The molecule has 0 saturated heterocycles. The average Bonchev–Trinajstić information content (AvgIpc) is 3.07. The van der Waals surface area contributed by atoms with Gasteiger partial charge in [-0.05, 0) is 34.9 Å². The van der Waals surface area contributed by atoms with Gasteiger partial charge in [-0.15, -0.1) is 0 Å². The first-order chi connectivity index (χ1) is 12.3. The predicted octanol–water partition coefficient (Wildman–Crippen LogP) is 3.97. The van der Waals surface area contributed by atoms with Crippen molar-refractivity contribution in [3.05, 3.63) is 78.1 Å². The summed E-state index contributed by atoms with van der Waals surface area (Å²) >= 11 is 0. The van der Waals surface area contributed by atoms with Crippen LogP contribution < -0.4 is 5.32 Å². The number of hydrogen-bond donors (Lipinski definition) is 2. The minimum Gasteiger partial charge on any atom is -0.349 e. The van der Waals surface area contributed by atoms with E-state index in [-0.39, 0.29) is 5.91 Å². The van der Waals surface area contributed by atoms with Gasteiger partial charge >= 0.3 is 0 Å². The molecule has 1 aromatic heterocycles. The number of hydrogen-bond acceptors (Lipinski definition) is 2. The van der Waals surface area contributed by atoms with Crippen LogP contribution in [-0.4, -0.2) is 15.9 Å². The SMILES string of the molecule is O=C(CCc1ccc2ccccc2c1)NCc1nc2ccccc2[nH]1. The number of carbonyl (C=O) groups is 1. The van der Waals surface area contributed by atoms with E-state index in [4.69, 9.17) is 0 Å². The van der Waals surface area contributed by atoms with E-state index in [1.807, 2.05) is 36.4 Å². The summed E-state index contributed by atoms with van der Waals surface area (Å²) in [6, 6.07) is 22.5. The molecule has 0 aliphatic carbocycles. The van der Waals surface area contributed by atoms with Gasteiger partial charge in [0.1, 0.15) is 5.82 Å². The minimum absolute atomic E-state index is 0.0358. The van der Waals surface area contributed by atoms with E-state index >= 15 is 0 Å². The average molecular weight is 329 g/mol. The molecule has 0 aliphatic rings. The lowest BCUT2D eigenvalue weighted by Crippen LogP contribution is -2.23. The normalized spacial score (nSPS) is 11.0. The van der Waals surface area contributed by atoms with Crippen LogP contribution >= 0.6 is 0 Å². The van der Waals surface area contributed by atoms with Crippen molar-refractivity contribution in [2.45, 2.75) is 19.4 Å². The van der Waals surface area contributed by atoms with Crippen LogP contribution in [0.4, 0.5) is 0 Å². The fraction of sp³-hybridized carbons (Fsp3) is 0.143. The first-order valence-electron chi connectivity index (χ1n) is 8.46. The highest BCUT2D eigenvalue weighted by molar-refractivity contribution is 5.83. The fourth-order valence-corrected chi connectivity index (χ4v) is 3.01. The summed E-state index contributed by atoms with van der Waals surface area (Å²) in [4.78, 5) is 19.8. The van der Waals surface area contributed by atoms with Crippen LogP contribution in [-0.2, 0) is 17.8 Å². The van der Waals surface area contributed by atoms with Crippen molar-refractivity contribution in [1.82, 2.24) is 15.3 Å². The highest BCUT2D eigenvalue weighted by Crippen LogP contribution is 2.16. The molecule has 4 aromatic rings. The molecular weight excluding hydrogens is 310 g/mol. The molecule has 0 aliphatic heterocycles. The maximum atomic E-state index is 12.1. The summed E-state index contributed by atoms with van der Waals surface area (Å²) in [5, 5.41) is 5.37. The second-order valence-corrected chi connectivity index (χ2v) is 6.16. The maximum absolute atomic E-state index is 12.1. The van der Waals surface area contributed by atoms with Crippen molar-refractivity contribution >= 4 is 27.7 Å². The molecule has 0 unspecified atom stereocenters. The number of amides is 1. The molecule has 124 valence electrons. The molecule has 25 heavy (non-hydrogen) atoms. The smallest absolute Gasteiger partial charge is 0.220 e. The molecule has 4 nitrogen and oxygen atoms in total. The molecule has 0 radical (unpaired) electrons. The van der Waals surface area contributed by atoms with E-state index in [0.29, 0.717) is 13.0 Å². The van der Waals surface area contributed by atoms with Gasteiger partial charge in [-0.1, -0.05) is 54.6 Å². The lowest BCUT2D eigenvalue weighted by molar-refractivity contribution is -0.121. The molecule has 4 rings (SSSR count). The van der Waals surface area contributed by atoms with E-state index in [1.165, 1.54) is 16.3 Å². The number of para-hydroxylation sites is 2. The lowest BCUT2D eigenvalue weighted by Gasteiger charge is -2.05. The number of aromatic amines is 1. The van der Waals surface area contributed by atoms with Crippen LogP contribution in [0.2, 0.25) is 0 Å². The van der Waals surface area contributed by atoms with E-state index in [1.54, 1.807) is 0 Å². The third-order valence-electron chi connectivity index (χ3n) is 4.35. The molecule has 0 spiro atoms. The molecular formula is C21H19N3O. The van der Waals surface area contributed by atoms with E-state index in [2.05, 4.69) is 45.6 Å². The number of fused-ring (bicyclic) bond motifs is 2. The van der Waals surface area contributed by atoms with Gasteiger partial charge in [-0.2, -0.15) is 0 Å². The Morgan fingerprint density at radius 1 is 0.960 bits per heavy atom. The first-order valence-corrected chi connectivity index (χ1v) is 8.46. The van der Waals surface area contributed by atoms with Gasteiger partial charge in [0.2, 0.25) is 5.91 Å². The number of carbonyl (C=O) groups excluding carboxylic acids is 1. The third kappa shape index (κ3) is 3.53. The quantitative estimate of drug-likeness (QED) is 0.582. The Kier molecular flexibility index (Phi) is 4.17. The van der Waals surface area contributed by atoms with Crippen molar-refractivity contribution in [1.29, 1.82) is 0 Å². The number of H-pyrrole nitrogens is 1. The van der Waals surface area contributed by atoms with Gasteiger partial charge in [0.25, 0.3) is 0 Å². The summed E-state index contributed by atoms with van der Waals surface area (Å²) in [7, 11) is 0. The van der Waals surface area contributed by atoms with Gasteiger partial charge < -0.3 is 10.3 Å². The van der Waals surface area contributed by atoms with Crippen LogP contribution in [0.5, 0.6) is 0 Å². The van der Waals surface area contributed by atoms with E-state index < -0.39 is 0 Å². The Morgan fingerprint density at radius 3 is 2.64 bits per heavy atom. The van der Waals surface area contributed by atoms with Crippen LogP contribution in [0, 0.1) is 0 Å². The van der Waals surface area contributed by atoms with Crippen LogP contribution in [0.1, 0.15) is 17.8 Å².